The van der Waals surface area contributed by atoms with Gasteiger partial charge in [0.1, 0.15) is 18.9 Å². The molecule has 1 fully saturated rings. The summed E-state index contributed by atoms with van der Waals surface area (Å²) in [6, 6.07) is 10.0. The van der Waals surface area contributed by atoms with Crippen LogP contribution in [0, 0.1) is 5.92 Å². The van der Waals surface area contributed by atoms with E-state index in [-0.39, 0.29) is 0 Å². The van der Waals surface area contributed by atoms with E-state index in [1.54, 1.807) is 0 Å². The molecule has 1 atom stereocenters. The second-order valence-electron chi connectivity index (χ2n) is 4.00. The largest absolute Gasteiger partial charge is 0.391 e. The molecule has 0 radical (unpaired) electrons. The lowest BCUT2D eigenvalue weighted by molar-refractivity contribution is -0.633. The van der Waals surface area contributed by atoms with Crippen LogP contribution >= 0.6 is 0 Å². The van der Waals surface area contributed by atoms with E-state index in [0.717, 1.165) is 24.4 Å². The molecule has 1 aromatic carbocycles. The quantitative estimate of drug-likeness (QED) is 0.685. The van der Waals surface area contributed by atoms with E-state index < -0.39 is 0 Å². The van der Waals surface area contributed by atoms with Crippen molar-refractivity contribution in [2.45, 2.75) is 6.61 Å². The Balaban J connectivity index is 1.85. The van der Waals surface area contributed by atoms with E-state index in [4.69, 9.17) is 10.6 Å². The average Bonchev–Trinajstić information content (AvgIpc) is 2.78. The van der Waals surface area contributed by atoms with Gasteiger partial charge >= 0.3 is 0 Å². The molecule has 1 heterocycles. The normalized spacial score (nSPS) is 22.6. The van der Waals surface area contributed by atoms with Crippen LogP contribution < -0.4 is 11.1 Å². The molecule has 2 rings (SSSR count). The molecule has 4 heteroatoms. The van der Waals surface area contributed by atoms with Gasteiger partial charge in [0.25, 0.3) is 0 Å². The molecule has 4 N–H and O–H groups in total. The van der Waals surface area contributed by atoms with Crippen molar-refractivity contribution in [3.63, 3.8) is 0 Å². The zero-order valence-corrected chi connectivity index (χ0v) is 9.30. The van der Waals surface area contributed by atoms with Gasteiger partial charge in [-0.15, -0.1) is 0 Å². The van der Waals surface area contributed by atoms with Crippen LogP contribution in [0.1, 0.15) is 5.56 Å². The maximum Gasteiger partial charge on any atom is 0.142 e. The Morgan fingerprint density at radius 1 is 1.38 bits per heavy atom. The van der Waals surface area contributed by atoms with Crippen LogP contribution in [-0.2, 0) is 11.4 Å². The van der Waals surface area contributed by atoms with Gasteiger partial charge in [-0.25, -0.2) is 0 Å². The van der Waals surface area contributed by atoms with Crippen LogP contribution in [-0.4, -0.2) is 25.3 Å². The molecule has 1 aromatic rings. The van der Waals surface area contributed by atoms with Crippen molar-refractivity contribution in [3.8, 4) is 0 Å². The fraction of sp³-hybridized carbons (Fsp3) is 0.417. The highest BCUT2D eigenvalue weighted by Gasteiger charge is 2.25. The highest BCUT2D eigenvalue weighted by molar-refractivity contribution is 5.88. The van der Waals surface area contributed by atoms with Gasteiger partial charge in [0.15, 0.2) is 0 Å². The minimum absolute atomic E-state index is 0.385. The van der Waals surface area contributed by atoms with Crippen molar-refractivity contribution in [3.05, 3.63) is 35.9 Å². The number of hydrogen-bond donors (Lipinski definition) is 2. The smallest absolute Gasteiger partial charge is 0.142 e. The molecule has 0 aromatic heterocycles. The van der Waals surface area contributed by atoms with Gasteiger partial charge in [-0.05, 0) is 5.56 Å². The van der Waals surface area contributed by atoms with Gasteiger partial charge in [0.2, 0.25) is 0 Å². The number of nitrogens with two attached hydrogens (primary N) is 2. The van der Waals surface area contributed by atoms with Gasteiger partial charge in [-0.2, -0.15) is 0 Å². The first-order valence-corrected chi connectivity index (χ1v) is 5.64. The molecule has 1 unspecified atom stereocenters. The van der Waals surface area contributed by atoms with Gasteiger partial charge in [-0.1, -0.05) is 35.5 Å². The number of rotatable bonds is 4. The summed E-state index contributed by atoms with van der Waals surface area (Å²) in [5.74, 6) is 0.385. The molecule has 0 spiro atoms. The summed E-state index contributed by atoms with van der Waals surface area (Å²) >= 11 is 0. The molecule has 16 heavy (non-hydrogen) atoms. The van der Waals surface area contributed by atoms with Gasteiger partial charge in [0, 0.05) is 6.54 Å². The Morgan fingerprint density at radius 3 is 2.94 bits per heavy atom. The minimum Gasteiger partial charge on any atom is -0.391 e. The summed E-state index contributed by atoms with van der Waals surface area (Å²) in [5, 5.41) is 6.39. The molecule has 4 nitrogen and oxygen atoms in total. The van der Waals surface area contributed by atoms with E-state index in [1.165, 1.54) is 0 Å². The van der Waals surface area contributed by atoms with Gasteiger partial charge in [-0.3, -0.25) is 0 Å². The van der Waals surface area contributed by atoms with Crippen molar-refractivity contribution in [2.24, 2.45) is 16.8 Å². The van der Waals surface area contributed by atoms with Crippen LogP contribution in [0.4, 0.5) is 0 Å². The molecule has 0 amide bonds. The van der Waals surface area contributed by atoms with Crippen LogP contribution in [0.15, 0.2) is 35.5 Å². The summed E-state index contributed by atoms with van der Waals surface area (Å²) in [5.41, 5.74) is 7.87. The number of benzene rings is 1. The van der Waals surface area contributed by atoms with Crippen LogP contribution in [0.25, 0.3) is 0 Å². The first-order valence-electron chi connectivity index (χ1n) is 5.64. The van der Waals surface area contributed by atoms with E-state index >= 15 is 0 Å². The first kappa shape index (κ1) is 11.1. The Kier molecular flexibility index (Phi) is 3.91. The lowest BCUT2D eigenvalue weighted by Gasteiger charge is -2.03. The van der Waals surface area contributed by atoms with Crippen molar-refractivity contribution in [1.29, 1.82) is 0 Å². The summed E-state index contributed by atoms with van der Waals surface area (Å²) in [6.07, 6.45) is 0. The minimum atomic E-state index is 0.385. The Morgan fingerprint density at radius 2 is 2.19 bits per heavy atom. The predicted molar refractivity (Wildman–Crippen MR) is 62.9 cm³/mol. The zero-order chi connectivity index (χ0) is 11.2. The first-order chi connectivity index (χ1) is 7.90. The van der Waals surface area contributed by atoms with Gasteiger partial charge in [0.05, 0.1) is 12.5 Å². The lowest BCUT2D eigenvalue weighted by atomic mass is 10.1. The molecule has 1 aliphatic heterocycles. The number of hydrogen-bond acceptors (Lipinski definition) is 3. The summed E-state index contributed by atoms with van der Waals surface area (Å²) in [7, 11) is 0. The molecular formula is C12H18N3O+. The summed E-state index contributed by atoms with van der Waals surface area (Å²) in [4.78, 5) is 5.35. The van der Waals surface area contributed by atoms with Crippen molar-refractivity contribution in [1.82, 2.24) is 0 Å². The number of quaternary nitrogens is 1. The number of nitrogens with zero attached hydrogens (tertiary/aromatic N) is 1. The maximum absolute atomic E-state index is 5.65. The Hall–Kier alpha value is -1.39. The lowest BCUT2D eigenvalue weighted by Crippen LogP contribution is -2.81. The van der Waals surface area contributed by atoms with Crippen molar-refractivity contribution in [2.75, 3.05) is 19.6 Å². The molecule has 0 saturated carbocycles. The fourth-order valence-corrected chi connectivity index (χ4v) is 1.84. The molecule has 0 bridgehead atoms. The molecular weight excluding hydrogens is 202 g/mol. The van der Waals surface area contributed by atoms with Gasteiger partial charge < -0.3 is 15.9 Å². The molecule has 1 saturated heterocycles. The monoisotopic (exact) mass is 220 g/mol. The van der Waals surface area contributed by atoms with E-state index in [2.05, 4.69) is 10.5 Å². The highest BCUT2D eigenvalue weighted by atomic mass is 16.6. The van der Waals surface area contributed by atoms with E-state index in [1.807, 2.05) is 30.3 Å². The van der Waals surface area contributed by atoms with Crippen LogP contribution in [0.3, 0.4) is 0 Å². The SMILES string of the molecule is NCC1C[NH2+]CC1=NOCc1ccccc1. The summed E-state index contributed by atoms with van der Waals surface area (Å²) < 4.78 is 0. The topological polar surface area (TPSA) is 64.2 Å². The van der Waals surface area contributed by atoms with E-state index in [9.17, 15) is 0 Å². The third-order valence-electron chi connectivity index (χ3n) is 2.82. The Bertz CT molecular complexity index is 351. The predicted octanol–water partition coefficient (Wildman–Crippen LogP) is -0.289. The van der Waals surface area contributed by atoms with Crippen LogP contribution in [0.2, 0.25) is 0 Å². The molecule has 1 aliphatic rings. The third kappa shape index (κ3) is 2.81. The third-order valence-corrected chi connectivity index (χ3v) is 2.82. The summed E-state index contributed by atoms with van der Waals surface area (Å²) in [6.45, 7) is 3.13. The number of oxime groups is 1. The second kappa shape index (κ2) is 5.63. The fourth-order valence-electron chi connectivity index (χ4n) is 1.84. The molecule has 0 aliphatic carbocycles. The van der Waals surface area contributed by atoms with E-state index in [0.29, 0.717) is 19.1 Å². The van der Waals surface area contributed by atoms with Crippen LogP contribution in [0.5, 0.6) is 0 Å². The maximum atomic E-state index is 5.65. The highest BCUT2D eigenvalue weighted by Crippen LogP contribution is 2.03. The standard InChI is InChI=1S/C12H17N3O/c13-6-11-7-14-8-12(11)15-16-9-10-4-2-1-3-5-10/h1-5,11,14H,6-9,13H2/p+1. The Labute approximate surface area is 95.5 Å². The van der Waals surface area contributed by atoms with Crippen molar-refractivity contribution < 1.29 is 10.2 Å². The molecule has 86 valence electrons. The van der Waals surface area contributed by atoms with Crippen molar-refractivity contribution >= 4 is 5.71 Å². The zero-order valence-electron chi connectivity index (χ0n) is 9.30. The second-order valence-corrected chi connectivity index (χ2v) is 4.00. The average molecular weight is 220 g/mol.